The fraction of sp³-hybridized carbons (Fsp3) is 0.571. The number of aromatic nitrogens is 2. The van der Waals surface area contributed by atoms with Crippen LogP contribution in [-0.4, -0.2) is 27.3 Å². The Labute approximate surface area is 114 Å². The molecule has 1 heterocycles. The van der Waals surface area contributed by atoms with E-state index < -0.39 is 5.60 Å². The Morgan fingerprint density at radius 2 is 2.16 bits per heavy atom. The minimum Gasteiger partial charge on any atom is -0.383 e. The number of rotatable bonds is 5. The van der Waals surface area contributed by atoms with Gasteiger partial charge in [0.1, 0.15) is 5.60 Å². The second-order valence-electron chi connectivity index (χ2n) is 5.12. The van der Waals surface area contributed by atoms with E-state index in [1.165, 1.54) is 0 Å². The van der Waals surface area contributed by atoms with Gasteiger partial charge >= 0.3 is 0 Å². The molecule has 0 saturated carbocycles. The standard InChI is InChI=1S/C14H23N3O2/c1-6-10(2)11(3)13(18)15-9-14(4,19)12-7-16-17(5)8-12/h7-8,19H,6,9H2,1-5H3,(H,15,18). The SMILES string of the molecule is CCC(C)=C(C)C(=O)NCC(C)(O)c1cnn(C)c1. The van der Waals surface area contributed by atoms with Crippen LogP contribution in [0, 0.1) is 0 Å². The van der Waals surface area contributed by atoms with Crippen LogP contribution in [-0.2, 0) is 17.4 Å². The fourth-order valence-corrected chi connectivity index (χ4v) is 1.65. The molecule has 106 valence electrons. The third-order valence-corrected chi connectivity index (χ3v) is 3.43. The molecule has 19 heavy (non-hydrogen) atoms. The van der Waals surface area contributed by atoms with Crippen molar-refractivity contribution in [3.05, 3.63) is 29.1 Å². The summed E-state index contributed by atoms with van der Waals surface area (Å²) in [7, 11) is 1.79. The lowest BCUT2D eigenvalue weighted by atomic mass is 9.99. The Hall–Kier alpha value is -1.62. The van der Waals surface area contributed by atoms with Gasteiger partial charge in [-0.1, -0.05) is 12.5 Å². The van der Waals surface area contributed by atoms with Gasteiger partial charge in [0.2, 0.25) is 5.91 Å². The van der Waals surface area contributed by atoms with E-state index in [9.17, 15) is 9.90 Å². The Morgan fingerprint density at radius 3 is 2.63 bits per heavy atom. The lowest BCUT2D eigenvalue weighted by Gasteiger charge is -2.22. The van der Waals surface area contributed by atoms with Crippen LogP contribution >= 0.6 is 0 Å². The molecule has 1 aromatic rings. The molecule has 5 nitrogen and oxygen atoms in total. The molecule has 1 amide bonds. The molecule has 0 radical (unpaired) electrons. The number of amides is 1. The average Bonchev–Trinajstić information content (AvgIpc) is 2.81. The number of aryl methyl sites for hydroxylation is 1. The Morgan fingerprint density at radius 1 is 1.53 bits per heavy atom. The zero-order chi connectivity index (χ0) is 14.6. The zero-order valence-electron chi connectivity index (χ0n) is 12.3. The number of allylic oxidation sites excluding steroid dienone is 1. The first-order valence-corrected chi connectivity index (χ1v) is 6.44. The first-order valence-electron chi connectivity index (χ1n) is 6.44. The first-order chi connectivity index (χ1) is 8.77. The largest absolute Gasteiger partial charge is 0.383 e. The zero-order valence-corrected chi connectivity index (χ0v) is 12.3. The van der Waals surface area contributed by atoms with E-state index in [1.807, 2.05) is 13.8 Å². The highest BCUT2D eigenvalue weighted by molar-refractivity contribution is 5.93. The number of nitrogens with zero attached hydrogens (tertiary/aromatic N) is 2. The lowest BCUT2D eigenvalue weighted by molar-refractivity contribution is -0.118. The van der Waals surface area contributed by atoms with Crippen LogP contribution < -0.4 is 5.32 Å². The van der Waals surface area contributed by atoms with Crippen molar-refractivity contribution in [2.24, 2.45) is 7.05 Å². The maximum absolute atomic E-state index is 11.9. The summed E-state index contributed by atoms with van der Waals surface area (Å²) in [6.07, 6.45) is 4.19. The molecule has 2 N–H and O–H groups in total. The third kappa shape index (κ3) is 3.92. The summed E-state index contributed by atoms with van der Waals surface area (Å²) in [4.78, 5) is 11.9. The van der Waals surface area contributed by atoms with Crippen LogP contribution in [0.25, 0.3) is 0 Å². The topological polar surface area (TPSA) is 67.2 Å². The van der Waals surface area contributed by atoms with Crippen LogP contribution in [0.2, 0.25) is 0 Å². The third-order valence-electron chi connectivity index (χ3n) is 3.43. The Kier molecular flexibility index (Phi) is 4.89. The number of aliphatic hydroxyl groups is 1. The summed E-state index contributed by atoms with van der Waals surface area (Å²) in [6.45, 7) is 7.57. The number of carbonyl (C=O) groups is 1. The van der Waals surface area contributed by atoms with Gasteiger partial charge in [-0.05, 0) is 27.2 Å². The van der Waals surface area contributed by atoms with E-state index in [4.69, 9.17) is 0 Å². The number of carbonyl (C=O) groups excluding carboxylic acids is 1. The summed E-state index contributed by atoms with van der Waals surface area (Å²) < 4.78 is 1.62. The second-order valence-corrected chi connectivity index (χ2v) is 5.12. The maximum Gasteiger partial charge on any atom is 0.246 e. The average molecular weight is 265 g/mol. The summed E-state index contributed by atoms with van der Waals surface area (Å²) in [5.41, 5.74) is 1.33. The van der Waals surface area contributed by atoms with E-state index in [0.717, 1.165) is 12.0 Å². The Balaban J connectivity index is 2.69. The molecular weight excluding hydrogens is 242 g/mol. The Bertz CT molecular complexity index is 487. The van der Waals surface area contributed by atoms with Crippen LogP contribution in [0.4, 0.5) is 0 Å². The van der Waals surface area contributed by atoms with Crippen LogP contribution in [0.5, 0.6) is 0 Å². The van der Waals surface area contributed by atoms with Gasteiger partial charge in [0, 0.05) is 24.4 Å². The molecular formula is C14H23N3O2. The number of hydrogen-bond acceptors (Lipinski definition) is 3. The van der Waals surface area contributed by atoms with Crippen molar-refractivity contribution in [2.45, 2.75) is 39.7 Å². The van der Waals surface area contributed by atoms with Gasteiger partial charge in [-0.15, -0.1) is 0 Å². The molecule has 0 spiro atoms. The smallest absolute Gasteiger partial charge is 0.246 e. The number of nitrogens with one attached hydrogen (secondary N) is 1. The molecule has 5 heteroatoms. The lowest BCUT2D eigenvalue weighted by Crippen LogP contribution is -2.38. The van der Waals surface area contributed by atoms with Crippen LogP contribution in [0.15, 0.2) is 23.5 Å². The van der Waals surface area contributed by atoms with Gasteiger partial charge in [0.25, 0.3) is 0 Å². The normalized spacial score (nSPS) is 15.7. The minimum absolute atomic E-state index is 0.136. The van der Waals surface area contributed by atoms with Crippen molar-refractivity contribution >= 4 is 5.91 Å². The highest BCUT2D eigenvalue weighted by Crippen LogP contribution is 2.18. The van der Waals surface area contributed by atoms with Crippen LogP contribution in [0.3, 0.4) is 0 Å². The van der Waals surface area contributed by atoms with E-state index in [-0.39, 0.29) is 12.5 Å². The molecule has 1 aromatic heterocycles. The van der Waals surface area contributed by atoms with Crippen molar-refractivity contribution in [3.8, 4) is 0 Å². The van der Waals surface area contributed by atoms with Crippen molar-refractivity contribution < 1.29 is 9.90 Å². The predicted octanol–water partition coefficient (Wildman–Crippen LogP) is 1.49. The molecule has 0 aliphatic carbocycles. The molecule has 0 aromatic carbocycles. The van der Waals surface area contributed by atoms with Gasteiger partial charge in [0.05, 0.1) is 12.7 Å². The van der Waals surface area contributed by atoms with E-state index in [0.29, 0.717) is 11.1 Å². The molecule has 0 fully saturated rings. The molecule has 0 aliphatic rings. The fourth-order valence-electron chi connectivity index (χ4n) is 1.65. The van der Waals surface area contributed by atoms with Gasteiger partial charge in [-0.25, -0.2) is 0 Å². The predicted molar refractivity (Wildman–Crippen MR) is 74.5 cm³/mol. The summed E-state index contributed by atoms with van der Waals surface area (Å²) in [5.74, 6) is -0.136. The number of hydrogen-bond donors (Lipinski definition) is 2. The molecule has 1 atom stereocenters. The van der Waals surface area contributed by atoms with Crippen LogP contribution in [0.1, 0.15) is 39.7 Å². The van der Waals surface area contributed by atoms with E-state index in [1.54, 1.807) is 38.0 Å². The first kappa shape index (κ1) is 15.4. The van der Waals surface area contributed by atoms with Gasteiger partial charge < -0.3 is 10.4 Å². The van der Waals surface area contributed by atoms with Gasteiger partial charge in [-0.2, -0.15) is 5.10 Å². The summed E-state index contributed by atoms with van der Waals surface area (Å²) >= 11 is 0. The van der Waals surface area contributed by atoms with Crippen molar-refractivity contribution in [3.63, 3.8) is 0 Å². The monoisotopic (exact) mass is 265 g/mol. The second kappa shape index (κ2) is 6.02. The molecule has 0 aliphatic heterocycles. The van der Waals surface area contributed by atoms with Crippen molar-refractivity contribution in [1.29, 1.82) is 0 Å². The minimum atomic E-state index is -1.12. The van der Waals surface area contributed by atoms with Gasteiger partial charge in [0.15, 0.2) is 0 Å². The highest BCUT2D eigenvalue weighted by atomic mass is 16.3. The van der Waals surface area contributed by atoms with Crippen molar-refractivity contribution in [1.82, 2.24) is 15.1 Å². The summed E-state index contributed by atoms with van der Waals surface area (Å²) in [5, 5.41) is 17.1. The van der Waals surface area contributed by atoms with Gasteiger partial charge in [-0.3, -0.25) is 9.48 Å². The quantitative estimate of drug-likeness (QED) is 0.793. The van der Waals surface area contributed by atoms with E-state index in [2.05, 4.69) is 10.4 Å². The highest BCUT2D eigenvalue weighted by Gasteiger charge is 2.25. The molecule has 0 bridgehead atoms. The van der Waals surface area contributed by atoms with Crippen molar-refractivity contribution in [2.75, 3.05) is 6.54 Å². The maximum atomic E-state index is 11.9. The molecule has 0 saturated heterocycles. The molecule has 1 rings (SSSR count). The van der Waals surface area contributed by atoms with E-state index >= 15 is 0 Å². The molecule has 1 unspecified atom stereocenters. The summed E-state index contributed by atoms with van der Waals surface area (Å²) in [6, 6.07) is 0.